The first kappa shape index (κ1) is 54.1. The molecule has 0 aliphatic heterocycles. The van der Waals surface area contributed by atoms with Crippen LogP contribution < -0.4 is 19.3 Å². The van der Waals surface area contributed by atoms with E-state index in [1.807, 2.05) is 42.5 Å². The van der Waals surface area contributed by atoms with Gasteiger partial charge in [-0.15, -0.1) is 0 Å². The van der Waals surface area contributed by atoms with Gasteiger partial charge in [0.05, 0.1) is 0 Å². The van der Waals surface area contributed by atoms with Gasteiger partial charge in [0.25, 0.3) is 0 Å². The Kier molecular flexibility index (Phi) is 15.0. The molecule has 0 N–H and O–H groups in total. The van der Waals surface area contributed by atoms with Crippen LogP contribution in [-0.2, 0) is 32.5 Å². The minimum Gasteiger partial charge on any atom is -0.457 e. The van der Waals surface area contributed by atoms with Crippen LogP contribution in [-0.4, -0.2) is 0 Å². The summed E-state index contributed by atoms with van der Waals surface area (Å²) >= 11 is 14.1. The summed E-state index contributed by atoms with van der Waals surface area (Å²) in [6, 6.07) is 51.5. The van der Waals surface area contributed by atoms with Crippen LogP contribution in [0.1, 0.15) is 158 Å². The maximum atomic E-state index is 7.43. The molecule has 0 unspecified atom stereocenters. The lowest BCUT2D eigenvalue weighted by molar-refractivity contribution is 0.458. The Labute approximate surface area is 443 Å². The molecular formula is C66H78Cl2N2O2. The van der Waals surface area contributed by atoms with Crippen LogP contribution in [0.2, 0.25) is 10.0 Å². The van der Waals surface area contributed by atoms with Crippen LogP contribution in [0.5, 0.6) is 23.0 Å². The van der Waals surface area contributed by atoms with Gasteiger partial charge in [0.15, 0.2) is 0 Å². The van der Waals surface area contributed by atoms with Gasteiger partial charge in [0.2, 0.25) is 0 Å². The van der Waals surface area contributed by atoms with E-state index >= 15 is 0 Å². The average molecular weight is 1000 g/mol. The van der Waals surface area contributed by atoms with Gasteiger partial charge in [0, 0.05) is 50.2 Å². The number of anilines is 6. The summed E-state index contributed by atoms with van der Waals surface area (Å²) in [6.45, 7) is 40.8. The molecule has 0 fully saturated rings. The predicted molar refractivity (Wildman–Crippen MR) is 311 cm³/mol. The molecule has 4 nitrogen and oxygen atoms in total. The Balaban J connectivity index is 1.40. The molecule has 0 atom stereocenters. The molecule has 72 heavy (non-hydrogen) atoms. The van der Waals surface area contributed by atoms with E-state index < -0.39 is 0 Å². The van der Waals surface area contributed by atoms with Crippen LogP contribution in [0.3, 0.4) is 0 Å². The number of hydrogen-bond acceptors (Lipinski definition) is 4. The summed E-state index contributed by atoms with van der Waals surface area (Å²) in [5.74, 6) is 2.56. The van der Waals surface area contributed by atoms with Crippen molar-refractivity contribution in [3.05, 3.63) is 189 Å². The molecule has 0 aromatic heterocycles. The SMILES string of the molecule is CC(C)(C)c1cccc(Oc2cc(Cl)cc(Oc3ccc(N(c4cc(Cl)cc(N(c5cccc(C(C)(C)C)c5)c5cc(C(C)(C)C)cc(C(C)(C)C)c5)c4)c4cc(C(C)(C)C)cc(C(C)(C)C)c4)cc3)c2)c1. The van der Waals surface area contributed by atoms with Gasteiger partial charge >= 0.3 is 0 Å². The van der Waals surface area contributed by atoms with E-state index in [0.29, 0.717) is 27.3 Å². The molecule has 0 spiro atoms. The monoisotopic (exact) mass is 1000 g/mol. The lowest BCUT2D eigenvalue weighted by atomic mass is 9.80. The number of nitrogens with zero attached hydrogens (tertiary/aromatic N) is 2. The first-order valence-corrected chi connectivity index (χ1v) is 26.2. The number of hydrogen-bond donors (Lipinski definition) is 0. The quantitative estimate of drug-likeness (QED) is 0.136. The Morgan fingerprint density at radius 2 is 0.611 bits per heavy atom. The van der Waals surface area contributed by atoms with Gasteiger partial charge < -0.3 is 19.3 Å². The second-order valence-corrected chi connectivity index (χ2v) is 26.6. The Morgan fingerprint density at radius 3 is 1.04 bits per heavy atom. The fourth-order valence-corrected chi connectivity index (χ4v) is 9.09. The second kappa shape index (κ2) is 20.0. The number of benzene rings is 7. The average Bonchev–Trinajstić information content (AvgIpc) is 3.25. The first-order valence-electron chi connectivity index (χ1n) is 25.4. The zero-order chi connectivity index (χ0) is 52.9. The van der Waals surface area contributed by atoms with Gasteiger partial charge in [-0.05, 0) is 169 Å². The molecule has 0 amide bonds. The highest BCUT2D eigenvalue weighted by Crippen LogP contribution is 2.47. The maximum Gasteiger partial charge on any atom is 0.132 e. The summed E-state index contributed by atoms with van der Waals surface area (Å²) in [6.07, 6.45) is 0. The highest BCUT2D eigenvalue weighted by atomic mass is 35.5. The summed E-state index contributed by atoms with van der Waals surface area (Å²) in [4.78, 5) is 4.72. The van der Waals surface area contributed by atoms with Gasteiger partial charge in [-0.3, -0.25) is 0 Å². The molecule has 0 saturated carbocycles. The largest absolute Gasteiger partial charge is 0.457 e. The van der Waals surface area contributed by atoms with Gasteiger partial charge in [-0.25, -0.2) is 0 Å². The molecule has 0 saturated heterocycles. The van der Waals surface area contributed by atoms with Gasteiger partial charge in [0.1, 0.15) is 23.0 Å². The van der Waals surface area contributed by atoms with Crippen molar-refractivity contribution in [1.29, 1.82) is 0 Å². The van der Waals surface area contributed by atoms with Gasteiger partial charge in [-0.2, -0.15) is 0 Å². The molecule has 0 bridgehead atoms. The third-order valence-electron chi connectivity index (χ3n) is 13.3. The summed E-state index contributed by atoms with van der Waals surface area (Å²) in [7, 11) is 0. The van der Waals surface area contributed by atoms with Crippen molar-refractivity contribution in [1.82, 2.24) is 0 Å². The molecule has 7 aromatic rings. The molecule has 0 radical (unpaired) electrons. The molecule has 0 aliphatic carbocycles. The van der Waals surface area contributed by atoms with E-state index in [-0.39, 0.29) is 32.5 Å². The second-order valence-electron chi connectivity index (χ2n) is 25.8. The molecule has 7 aromatic carbocycles. The van der Waals surface area contributed by atoms with Crippen molar-refractivity contribution >= 4 is 57.3 Å². The first-order chi connectivity index (χ1) is 33.2. The Bertz CT molecular complexity index is 2990. The Morgan fingerprint density at radius 1 is 0.264 bits per heavy atom. The van der Waals surface area contributed by atoms with E-state index in [2.05, 4.69) is 238 Å². The summed E-state index contributed by atoms with van der Waals surface area (Å²) < 4.78 is 12.9. The highest BCUT2D eigenvalue weighted by Gasteiger charge is 2.28. The third kappa shape index (κ3) is 13.1. The van der Waals surface area contributed by atoms with Crippen molar-refractivity contribution in [2.75, 3.05) is 9.80 Å². The lowest BCUT2D eigenvalue weighted by Crippen LogP contribution is -2.20. The van der Waals surface area contributed by atoms with Gasteiger partial charge in [-0.1, -0.05) is 184 Å². The molecule has 0 aliphatic rings. The Hall–Kier alpha value is -5.68. The fraction of sp³-hybridized carbons (Fsp3) is 0.364. The van der Waals surface area contributed by atoms with Crippen LogP contribution >= 0.6 is 23.2 Å². The van der Waals surface area contributed by atoms with Crippen LogP contribution in [0, 0.1) is 0 Å². The van der Waals surface area contributed by atoms with E-state index in [0.717, 1.165) is 39.9 Å². The molecule has 7 rings (SSSR count). The molecule has 0 heterocycles. The zero-order valence-corrected chi connectivity index (χ0v) is 47.8. The highest BCUT2D eigenvalue weighted by molar-refractivity contribution is 6.31. The maximum absolute atomic E-state index is 7.43. The molecule has 378 valence electrons. The van der Waals surface area contributed by atoms with Crippen molar-refractivity contribution in [2.45, 2.75) is 157 Å². The van der Waals surface area contributed by atoms with E-state index in [4.69, 9.17) is 32.7 Å². The van der Waals surface area contributed by atoms with Crippen molar-refractivity contribution in [3.8, 4) is 23.0 Å². The minimum absolute atomic E-state index is 0.0167. The third-order valence-corrected chi connectivity index (χ3v) is 13.7. The smallest absolute Gasteiger partial charge is 0.132 e. The number of rotatable bonds is 10. The summed E-state index contributed by atoms with van der Waals surface area (Å²) in [5, 5.41) is 1.14. The topological polar surface area (TPSA) is 24.9 Å². The standard InChI is InChI=1S/C66H78Cl2N2O2/c1-61(2,3)43-21-19-23-52(31-43)70(54-34-47(65(13,14)15)30-48(35-54)66(16,17)18)56-38-49(67)37-55(41-56)69(53-32-45(63(7,8)9)29-46(33-53)64(10,11)12)51-25-27-57(28-26-51)71-59-39-50(68)40-60(42-59)72-58-24-20-22-44(36-58)62(4,5)6/h19-42H,1-18H3. The van der Waals surface area contributed by atoms with Crippen molar-refractivity contribution < 1.29 is 9.47 Å². The van der Waals surface area contributed by atoms with E-state index in [9.17, 15) is 0 Å². The van der Waals surface area contributed by atoms with Crippen LogP contribution in [0.15, 0.2) is 146 Å². The van der Waals surface area contributed by atoms with Crippen molar-refractivity contribution in [2.24, 2.45) is 0 Å². The fourth-order valence-electron chi connectivity index (χ4n) is 8.65. The predicted octanol–water partition coefficient (Wildman–Crippen LogP) is 21.3. The van der Waals surface area contributed by atoms with Crippen LogP contribution in [0.4, 0.5) is 34.1 Å². The lowest BCUT2D eigenvalue weighted by Gasteiger charge is -2.34. The minimum atomic E-state index is -0.120. The zero-order valence-electron chi connectivity index (χ0n) is 46.3. The summed E-state index contributed by atoms with van der Waals surface area (Å²) in [5.41, 5.74) is 13.0. The van der Waals surface area contributed by atoms with Crippen molar-refractivity contribution in [3.63, 3.8) is 0 Å². The van der Waals surface area contributed by atoms with Crippen LogP contribution in [0.25, 0.3) is 0 Å². The number of ether oxygens (including phenoxy) is 2. The van der Waals surface area contributed by atoms with E-state index in [1.54, 1.807) is 0 Å². The van der Waals surface area contributed by atoms with E-state index in [1.165, 1.54) is 33.4 Å². The normalized spacial score (nSPS) is 12.7. The molecular weight excluding hydrogens is 924 g/mol. The molecule has 6 heteroatoms. The number of halogens is 2.